The highest BCUT2D eigenvalue weighted by Crippen LogP contribution is 2.20. The summed E-state index contributed by atoms with van der Waals surface area (Å²) >= 11 is 0. The Morgan fingerprint density at radius 2 is 1.83 bits per heavy atom. The third-order valence-corrected chi connectivity index (χ3v) is 3.53. The van der Waals surface area contributed by atoms with E-state index in [1.165, 1.54) is 0 Å². The summed E-state index contributed by atoms with van der Waals surface area (Å²) in [6, 6.07) is 14.7. The number of aryl methyl sites for hydroxylation is 1. The Morgan fingerprint density at radius 3 is 2.50 bits per heavy atom. The average Bonchev–Trinajstić information content (AvgIpc) is 3.09. The minimum Gasteiger partial charge on any atom is -0.497 e. The SMILES string of the molecule is COc1ccc(-c2nc(CNC(=O)c3ccc(C)cc3)no2)cc1. The van der Waals surface area contributed by atoms with Crippen molar-refractivity contribution >= 4 is 5.91 Å². The number of methoxy groups -OCH3 is 1. The second-order valence-electron chi connectivity index (χ2n) is 5.29. The predicted octanol–water partition coefficient (Wildman–Crippen LogP) is 2.98. The summed E-state index contributed by atoms with van der Waals surface area (Å²) in [6.07, 6.45) is 0. The lowest BCUT2D eigenvalue weighted by atomic mass is 10.1. The molecule has 0 spiro atoms. The quantitative estimate of drug-likeness (QED) is 0.781. The van der Waals surface area contributed by atoms with Crippen molar-refractivity contribution in [3.63, 3.8) is 0 Å². The molecule has 0 atom stereocenters. The molecule has 0 saturated heterocycles. The van der Waals surface area contributed by atoms with Gasteiger partial charge in [-0.15, -0.1) is 0 Å². The lowest BCUT2D eigenvalue weighted by Gasteiger charge is -2.02. The third kappa shape index (κ3) is 3.60. The number of nitrogens with zero attached hydrogens (tertiary/aromatic N) is 2. The number of nitrogens with one attached hydrogen (secondary N) is 1. The molecule has 1 N–H and O–H groups in total. The molecule has 3 aromatic rings. The van der Waals surface area contributed by atoms with Gasteiger partial charge in [0.05, 0.1) is 13.7 Å². The number of aromatic nitrogens is 2. The van der Waals surface area contributed by atoms with Crippen LogP contribution < -0.4 is 10.1 Å². The van der Waals surface area contributed by atoms with E-state index in [0.717, 1.165) is 16.9 Å². The molecule has 6 nitrogen and oxygen atoms in total. The van der Waals surface area contributed by atoms with Crippen LogP contribution in [0.4, 0.5) is 0 Å². The van der Waals surface area contributed by atoms with Crippen molar-refractivity contribution in [3.05, 3.63) is 65.5 Å². The molecule has 3 rings (SSSR count). The Balaban J connectivity index is 1.63. The van der Waals surface area contributed by atoms with Crippen LogP contribution in [0.5, 0.6) is 5.75 Å². The highest BCUT2D eigenvalue weighted by molar-refractivity contribution is 5.94. The maximum Gasteiger partial charge on any atom is 0.257 e. The maximum atomic E-state index is 12.1. The van der Waals surface area contributed by atoms with Gasteiger partial charge in [-0.1, -0.05) is 22.9 Å². The van der Waals surface area contributed by atoms with E-state index >= 15 is 0 Å². The second-order valence-corrected chi connectivity index (χ2v) is 5.29. The summed E-state index contributed by atoms with van der Waals surface area (Å²) in [5, 5.41) is 6.66. The van der Waals surface area contributed by atoms with Crippen molar-refractivity contribution in [2.24, 2.45) is 0 Å². The first-order valence-corrected chi connectivity index (χ1v) is 7.47. The first-order valence-electron chi connectivity index (χ1n) is 7.47. The van der Waals surface area contributed by atoms with Gasteiger partial charge in [0.15, 0.2) is 5.82 Å². The zero-order valence-electron chi connectivity index (χ0n) is 13.4. The molecule has 0 fully saturated rings. The van der Waals surface area contributed by atoms with Gasteiger partial charge >= 0.3 is 0 Å². The second kappa shape index (κ2) is 6.95. The van der Waals surface area contributed by atoms with Gasteiger partial charge in [-0.3, -0.25) is 4.79 Å². The molecule has 122 valence electrons. The van der Waals surface area contributed by atoms with Gasteiger partial charge in [0.25, 0.3) is 11.8 Å². The molecule has 0 bridgehead atoms. The van der Waals surface area contributed by atoms with Crippen molar-refractivity contribution in [2.45, 2.75) is 13.5 Å². The Morgan fingerprint density at radius 1 is 1.12 bits per heavy atom. The van der Waals surface area contributed by atoms with Crippen LogP contribution in [-0.2, 0) is 6.54 Å². The fourth-order valence-electron chi connectivity index (χ4n) is 2.14. The zero-order valence-corrected chi connectivity index (χ0v) is 13.4. The van der Waals surface area contributed by atoms with E-state index in [0.29, 0.717) is 17.3 Å². The van der Waals surface area contributed by atoms with Crippen LogP contribution >= 0.6 is 0 Å². The molecule has 2 aromatic carbocycles. The summed E-state index contributed by atoms with van der Waals surface area (Å²) in [6.45, 7) is 2.17. The van der Waals surface area contributed by atoms with E-state index in [9.17, 15) is 4.79 Å². The molecule has 0 aliphatic heterocycles. The van der Waals surface area contributed by atoms with Crippen molar-refractivity contribution in [2.75, 3.05) is 7.11 Å². The van der Waals surface area contributed by atoms with E-state index in [2.05, 4.69) is 15.5 Å². The number of hydrogen-bond donors (Lipinski definition) is 1. The molecule has 1 heterocycles. The summed E-state index contributed by atoms with van der Waals surface area (Å²) in [7, 11) is 1.61. The van der Waals surface area contributed by atoms with Crippen LogP contribution in [0.3, 0.4) is 0 Å². The van der Waals surface area contributed by atoms with Gasteiger partial charge in [0, 0.05) is 11.1 Å². The molecule has 0 unspecified atom stereocenters. The summed E-state index contributed by atoms with van der Waals surface area (Å²) < 4.78 is 10.3. The van der Waals surface area contributed by atoms with Gasteiger partial charge in [0.1, 0.15) is 5.75 Å². The van der Waals surface area contributed by atoms with Crippen LogP contribution in [0, 0.1) is 6.92 Å². The lowest BCUT2D eigenvalue weighted by molar-refractivity contribution is 0.0949. The minimum absolute atomic E-state index is 0.175. The molecule has 0 aliphatic carbocycles. The Labute approximate surface area is 139 Å². The molecule has 0 aliphatic rings. The van der Waals surface area contributed by atoms with Crippen molar-refractivity contribution in [3.8, 4) is 17.2 Å². The predicted molar refractivity (Wildman–Crippen MR) is 88.6 cm³/mol. The molecule has 24 heavy (non-hydrogen) atoms. The smallest absolute Gasteiger partial charge is 0.257 e. The maximum absolute atomic E-state index is 12.1. The van der Waals surface area contributed by atoms with Crippen LogP contribution in [0.1, 0.15) is 21.7 Å². The van der Waals surface area contributed by atoms with Gasteiger partial charge in [-0.25, -0.2) is 0 Å². The van der Waals surface area contributed by atoms with Crippen LogP contribution in [0.15, 0.2) is 53.1 Å². The Hall–Kier alpha value is -3.15. The highest BCUT2D eigenvalue weighted by Gasteiger charge is 2.11. The fourth-order valence-corrected chi connectivity index (χ4v) is 2.14. The number of benzene rings is 2. The molecule has 6 heteroatoms. The van der Waals surface area contributed by atoms with E-state index in [1.54, 1.807) is 19.2 Å². The molecular formula is C18H17N3O3. The van der Waals surface area contributed by atoms with Crippen molar-refractivity contribution in [1.29, 1.82) is 0 Å². The molecule has 0 saturated carbocycles. The highest BCUT2D eigenvalue weighted by atomic mass is 16.5. The Bertz CT molecular complexity index is 823. The van der Waals surface area contributed by atoms with Crippen LogP contribution in [-0.4, -0.2) is 23.2 Å². The third-order valence-electron chi connectivity index (χ3n) is 3.53. The van der Waals surface area contributed by atoms with Crippen LogP contribution in [0.2, 0.25) is 0 Å². The first kappa shape index (κ1) is 15.7. The largest absolute Gasteiger partial charge is 0.497 e. The van der Waals surface area contributed by atoms with Gasteiger partial charge < -0.3 is 14.6 Å². The van der Waals surface area contributed by atoms with Gasteiger partial charge in [-0.2, -0.15) is 4.98 Å². The van der Waals surface area contributed by atoms with Crippen molar-refractivity contribution < 1.29 is 14.1 Å². The van der Waals surface area contributed by atoms with Gasteiger partial charge in [-0.05, 0) is 43.3 Å². The van der Waals surface area contributed by atoms with E-state index in [4.69, 9.17) is 9.26 Å². The van der Waals surface area contributed by atoms with E-state index in [-0.39, 0.29) is 12.5 Å². The molecule has 1 amide bonds. The number of rotatable bonds is 5. The standard InChI is InChI=1S/C18H17N3O3/c1-12-3-5-13(6-4-12)17(22)19-11-16-20-18(24-21-16)14-7-9-15(23-2)10-8-14/h3-10H,11H2,1-2H3,(H,19,22). The minimum atomic E-state index is -0.175. The summed E-state index contributed by atoms with van der Waals surface area (Å²) in [5.41, 5.74) is 2.49. The normalized spacial score (nSPS) is 10.4. The molecular weight excluding hydrogens is 306 g/mol. The van der Waals surface area contributed by atoms with Crippen LogP contribution in [0.25, 0.3) is 11.5 Å². The number of amides is 1. The summed E-state index contributed by atoms with van der Waals surface area (Å²) in [4.78, 5) is 16.3. The topological polar surface area (TPSA) is 77.2 Å². The fraction of sp³-hybridized carbons (Fsp3) is 0.167. The Kier molecular flexibility index (Phi) is 4.56. The number of hydrogen-bond acceptors (Lipinski definition) is 5. The molecule has 1 aromatic heterocycles. The van der Waals surface area contributed by atoms with Gasteiger partial charge in [0.2, 0.25) is 0 Å². The van der Waals surface area contributed by atoms with E-state index in [1.807, 2.05) is 43.3 Å². The number of carbonyl (C=O) groups excluding carboxylic acids is 1. The molecule has 0 radical (unpaired) electrons. The number of ether oxygens (including phenoxy) is 1. The van der Waals surface area contributed by atoms with E-state index < -0.39 is 0 Å². The monoisotopic (exact) mass is 323 g/mol. The lowest BCUT2D eigenvalue weighted by Crippen LogP contribution is -2.23. The van der Waals surface area contributed by atoms with Crippen molar-refractivity contribution in [1.82, 2.24) is 15.5 Å². The summed E-state index contributed by atoms with van der Waals surface area (Å²) in [5.74, 6) is 1.40. The number of carbonyl (C=O) groups is 1. The average molecular weight is 323 g/mol. The first-order chi connectivity index (χ1) is 11.7. The zero-order chi connectivity index (χ0) is 16.9.